The number of aromatic nitrogens is 2. The Morgan fingerprint density at radius 3 is 2.42 bits per heavy atom. The SMILES string of the molecule is CCc1ccc(-c2nc3scc(-c4ccccc4)n3c2CN)cc1. The second-order valence-electron chi connectivity index (χ2n) is 5.77. The predicted octanol–water partition coefficient (Wildman–Crippen LogP) is 4.75. The van der Waals surface area contributed by atoms with E-state index in [4.69, 9.17) is 10.7 Å². The van der Waals surface area contributed by atoms with E-state index in [-0.39, 0.29) is 0 Å². The van der Waals surface area contributed by atoms with Crippen molar-refractivity contribution in [2.45, 2.75) is 19.9 Å². The zero-order valence-electron chi connectivity index (χ0n) is 13.6. The first-order valence-corrected chi connectivity index (χ1v) is 9.03. The lowest BCUT2D eigenvalue weighted by molar-refractivity contribution is 0.973. The Morgan fingerprint density at radius 2 is 1.75 bits per heavy atom. The number of thiazole rings is 1. The van der Waals surface area contributed by atoms with Crippen molar-refractivity contribution in [1.82, 2.24) is 9.38 Å². The Balaban J connectivity index is 1.90. The van der Waals surface area contributed by atoms with E-state index < -0.39 is 0 Å². The van der Waals surface area contributed by atoms with Crippen LogP contribution in [0.4, 0.5) is 0 Å². The van der Waals surface area contributed by atoms with Crippen molar-refractivity contribution in [3.8, 4) is 22.5 Å². The second kappa shape index (κ2) is 6.23. The lowest BCUT2D eigenvalue weighted by Crippen LogP contribution is -2.03. The molecule has 4 aromatic rings. The van der Waals surface area contributed by atoms with Crippen LogP contribution in [0.1, 0.15) is 18.2 Å². The maximum atomic E-state index is 6.10. The molecule has 2 aromatic heterocycles. The third-order valence-corrected chi connectivity index (χ3v) is 5.18. The van der Waals surface area contributed by atoms with Crippen LogP contribution in [-0.2, 0) is 13.0 Å². The van der Waals surface area contributed by atoms with Crippen molar-refractivity contribution in [1.29, 1.82) is 0 Å². The average molecular weight is 333 g/mol. The third-order valence-electron chi connectivity index (χ3n) is 4.36. The molecule has 0 aliphatic carbocycles. The van der Waals surface area contributed by atoms with E-state index in [1.54, 1.807) is 11.3 Å². The Labute approximate surface area is 145 Å². The summed E-state index contributed by atoms with van der Waals surface area (Å²) in [6.45, 7) is 2.63. The number of hydrogen-bond donors (Lipinski definition) is 1. The first-order chi connectivity index (χ1) is 11.8. The molecule has 0 aliphatic rings. The van der Waals surface area contributed by atoms with Gasteiger partial charge in [-0.25, -0.2) is 4.98 Å². The molecule has 4 rings (SSSR count). The van der Waals surface area contributed by atoms with Gasteiger partial charge in [-0.3, -0.25) is 4.40 Å². The lowest BCUT2D eigenvalue weighted by Gasteiger charge is -2.06. The molecular formula is C20H19N3S. The van der Waals surface area contributed by atoms with Gasteiger partial charge in [-0.1, -0.05) is 61.5 Å². The van der Waals surface area contributed by atoms with E-state index in [2.05, 4.69) is 65.2 Å². The highest BCUT2D eigenvalue weighted by atomic mass is 32.1. The minimum absolute atomic E-state index is 0.461. The van der Waals surface area contributed by atoms with Gasteiger partial charge in [0.2, 0.25) is 0 Å². The van der Waals surface area contributed by atoms with Gasteiger partial charge in [0.05, 0.1) is 17.1 Å². The van der Waals surface area contributed by atoms with Crippen molar-refractivity contribution in [3.63, 3.8) is 0 Å². The molecule has 0 amide bonds. The molecule has 0 unspecified atom stereocenters. The number of hydrogen-bond acceptors (Lipinski definition) is 3. The molecule has 120 valence electrons. The third kappa shape index (κ3) is 2.44. The van der Waals surface area contributed by atoms with Crippen LogP contribution >= 0.6 is 11.3 Å². The molecule has 0 fully saturated rings. The molecule has 0 atom stereocenters. The maximum Gasteiger partial charge on any atom is 0.195 e. The maximum absolute atomic E-state index is 6.10. The van der Waals surface area contributed by atoms with Crippen LogP contribution in [-0.4, -0.2) is 9.38 Å². The highest BCUT2D eigenvalue weighted by Gasteiger charge is 2.17. The van der Waals surface area contributed by atoms with Gasteiger partial charge in [-0.05, 0) is 17.5 Å². The minimum Gasteiger partial charge on any atom is -0.325 e. The Hall–Kier alpha value is -2.43. The normalized spacial score (nSPS) is 11.2. The van der Waals surface area contributed by atoms with Crippen LogP contribution < -0.4 is 5.73 Å². The molecule has 2 N–H and O–H groups in total. The number of fused-ring (bicyclic) bond motifs is 1. The van der Waals surface area contributed by atoms with Crippen LogP contribution in [0.2, 0.25) is 0 Å². The van der Waals surface area contributed by atoms with E-state index in [1.807, 2.05) is 6.07 Å². The van der Waals surface area contributed by atoms with Crippen LogP contribution in [0, 0.1) is 0 Å². The summed E-state index contributed by atoms with van der Waals surface area (Å²) in [5, 5.41) is 2.15. The first kappa shape index (κ1) is 15.1. The fraction of sp³-hybridized carbons (Fsp3) is 0.150. The Kier molecular flexibility index (Phi) is 3.92. The topological polar surface area (TPSA) is 43.3 Å². The molecule has 0 radical (unpaired) electrons. The smallest absolute Gasteiger partial charge is 0.195 e. The van der Waals surface area contributed by atoms with Gasteiger partial charge in [0.25, 0.3) is 0 Å². The highest BCUT2D eigenvalue weighted by Crippen LogP contribution is 2.32. The summed E-state index contributed by atoms with van der Waals surface area (Å²) in [7, 11) is 0. The summed E-state index contributed by atoms with van der Waals surface area (Å²) in [4.78, 5) is 5.85. The van der Waals surface area contributed by atoms with E-state index in [0.717, 1.165) is 34.0 Å². The van der Waals surface area contributed by atoms with Crippen molar-refractivity contribution in [2.24, 2.45) is 5.73 Å². The van der Waals surface area contributed by atoms with Gasteiger partial charge in [0, 0.05) is 17.5 Å². The van der Waals surface area contributed by atoms with Crippen molar-refractivity contribution in [2.75, 3.05) is 0 Å². The number of imidazole rings is 1. The predicted molar refractivity (Wildman–Crippen MR) is 101 cm³/mol. The van der Waals surface area contributed by atoms with E-state index >= 15 is 0 Å². The van der Waals surface area contributed by atoms with Crippen molar-refractivity contribution < 1.29 is 0 Å². The fourth-order valence-electron chi connectivity index (χ4n) is 3.04. The molecule has 24 heavy (non-hydrogen) atoms. The zero-order valence-corrected chi connectivity index (χ0v) is 14.4. The van der Waals surface area contributed by atoms with Crippen LogP contribution in [0.3, 0.4) is 0 Å². The van der Waals surface area contributed by atoms with Gasteiger partial charge in [-0.2, -0.15) is 0 Å². The molecule has 2 heterocycles. The van der Waals surface area contributed by atoms with Crippen LogP contribution in [0.5, 0.6) is 0 Å². The van der Waals surface area contributed by atoms with Gasteiger partial charge in [0.1, 0.15) is 0 Å². The van der Waals surface area contributed by atoms with Gasteiger partial charge in [-0.15, -0.1) is 11.3 Å². The molecular weight excluding hydrogens is 314 g/mol. The quantitative estimate of drug-likeness (QED) is 0.585. The zero-order chi connectivity index (χ0) is 16.5. The lowest BCUT2D eigenvalue weighted by atomic mass is 10.1. The van der Waals surface area contributed by atoms with Gasteiger partial charge < -0.3 is 5.73 Å². The molecule has 0 bridgehead atoms. The second-order valence-corrected chi connectivity index (χ2v) is 6.60. The van der Waals surface area contributed by atoms with Crippen molar-refractivity contribution in [3.05, 3.63) is 71.2 Å². The first-order valence-electron chi connectivity index (χ1n) is 8.15. The molecule has 0 aliphatic heterocycles. The highest BCUT2D eigenvalue weighted by molar-refractivity contribution is 7.15. The molecule has 2 aromatic carbocycles. The Bertz CT molecular complexity index is 965. The number of benzene rings is 2. The minimum atomic E-state index is 0.461. The fourth-order valence-corrected chi connectivity index (χ4v) is 3.96. The van der Waals surface area contributed by atoms with Gasteiger partial charge in [0.15, 0.2) is 4.96 Å². The summed E-state index contributed by atoms with van der Waals surface area (Å²) in [6, 6.07) is 19.0. The van der Waals surface area contributed by atoms with Crippen LogP contribution in [0.15, 0.2) is 60.0 Å². The van der Waals surface area contributed by atoms with E-state index in [0.29, 0.717) is 6.54 Å². The monoisotopic (exact) mass is 333 g/mol. The number of nitrogens with two attached hydrogens (primary N) is 1. The summed E-state index contributed by atoms with van der Waals surface area (Å²) in [5.41, 5.74) is 13.0. The molecule has 0 saturated heterocycles. The number of rotatable bonds is 4. The summed E-state index contributed by atoms with van der Waals surface area (Å²) in [6.07, 6.45) is 1.04. The summed E-state index contributed by atoms with van der Waals surface area (Å²) in [5.74, 6) is 0. The average Bonchev–Trinajstić information content (AvgIpc) is 3.21. The van der Waals surface area contributed by atoms with Crippen molar-refractivity contribution >= 4 is 16.3 Å². The molecule has 4 heteroatoms. The molecule has 3 nitrogen and oxygen atoms in total. The molecule has 0 spiro atoms. The molecule has 0 saturated carbocycles. The number of nitrogens with zero attached hydrogens (tertiary/aromatic N) is 2. The summed E-state index contributed by atoms with van der Waals surface area (Å²) < 4.78 is 2.20. The van der Waals surface area contributed by atoms with Crippen LogP contribution in [0.25, 0.3) is 27.5 Å². The standard InChI is InChI=1S/C20H19N3S/c1-2-14-8-10-16(11-9-14)19-17(12-21)23-18(13-24-20(23)22-19)15-6-4-3-5-7-15/h3-11,13H,2,12,21H2,1H3. The van der Waals surface area contributed by atoms with Gasteiger partial charge >= 0.3 is 0 Å². The summed E-state index contributed by atoms with van der Waals surface area (Å²) >= 11 is 1.66. The largest absolute Gasteiger partial charge is 0.325 e. The van der Waals surface area contributed by atoms with E-state index in [9.17, 15) is 0 Å². The van der Waals surface area contributed by atoms with E-state index in [1.165, 1.54) is 11.1 Å². The Morgan fingerprint density at radius 1 is 1.00 bits per heavy atom. The number of aryl methyl sites for hydroxylation is 1.